The maximum absolute atomic E-state index is 11.3. The molecule has 0 bridgehead atoms. The quantitative estimate of drug-likeness (QED) is 0.656. The van der Waals surface area contributed by atoms with Crippen LogP contribution in [0.15, 0.2) is 35.0 Å². The van der Waals surface area contributed by atoms with Gasteiger partial charge in [-0.05, 0) is 46.9 Å². The number of nitro benzene ring substituents is 1. The van der Waals surface area contributed by atoms with Crippen LogP contribution in [0.3, 0.4) is 0 Å². The minimum atomic E-state index is -0.364. The average Bonchev–Trinajstić information content (AvgIpc) is 3.21. The lowest BCUT2D eigenvalue weighted by atomic mass is 10.1. The van der Waals surface area contributed by atoms with Gasteiger partial charge in [0.2, 0.25) is 0 Å². The van der Waals surface area contributed by atoms with Gasteiger partial charge in [0.05, 0.1) is 11.5 Å². The van der Waals surface area contributed by atoms with E-state index in [1.165, 1.54) is 11.6 Å². The van der Waals surface area contributed by atoms with Gasteiger partial charge in [-0.1, -0.05) is 6.07 Å². The SMILES string of the molecule is O=[N+]([O-])c1cc(CO)ccc1N(Cc1ccsc1)C1CC1. The van der Waals surface area contributed by atoms with E-state index in [0.717, 1.165) is 12.8 Å². The van der Waals surface area contributed by atoms with Crippen LogP contribution in [0.25, 0.3) is 0 Å². The zero-order valence-corrected chi connectivity index (χ0v) is 12.3. The fourth-order valence-corrected chi connectivity index (χ4v) is 3.09. The van der Waals surface area contributed by atoms with Gasteiger partial charge in [0.25, 0.3) is 5.69 Å². The van der Waals surface area contributed by atoms with Crippen LogP contribution >= 0.6 is 11.3 Å². The van der Waals surface area contributed by atoms with Gasteiger partial charge in [-0.3, -0.25) is 10.1 Å². The molecule has 0 amide bonds. The topological polar surface area (TPSA) is 66.6 Å². The van der Waals surface area contributed by atoms with Crippen molar-refractivity contribution in [2.24, 2.45) is 0 Å². The van der Waals surface area contributed by atoms with E-state index in [4.69, 9.17) is 5.11 Å². The first-order valence-corrected chi connectivity index (χ1v) is 7.79. The highest BCUT2D eigenvalue weighted by atomic mass is 32.1. The monoisotopic (exact) mass is 304 g/mol. The first kappa shape index (κ1) is 14.0. The molecule has 3 rings (SSSR count). The molecular formula is C15H16N2O3S. The fourth-order valence-electron chi connectivity index (χ4n) is 2.43. The first-order valence-electron chi connectivity index (χ1n) is 6.85. The van der Waals surface area contributed by atoms with Gasteiger partial charge < -0.3 is 10.0 Å². The van der Waals surface area contributed by atoms with E-state index < -0.39 is 0 Å². The number of anilines is 1. The fraction of sp³-hybridized carbons (Fsp3) is 0.333. The molecule has 6 heteroatoms. The smallest absolute Gasteiger partial charge is 0.292 e. The number of thiophene rings is 1. The third kappa shape index (κ3) is 3.06. The zero-order valence-electron chi connectivity index (χ0n) is 11.4. The highest BCUT2D eigenvalue weighted by Crippen LogP contribution is 2.38. The minimum Gasteiger partial charge on any atom is -0.392 e. The summed E-state index contributed by atoms with van der Waals surface area (Å²) in [5.74, 6) is 0. The van der Waals surface area contributed by atoms with Crippen molar-refractivity contribution in [3.8, 4) is 0 Å². The molecule has 0 saturated heterocycles. The summed E-state index contributed by atoms with van der Waals surface area (Å²) in [6.45, 7) is 0.503. The summed E-state index contributed by atoms with van der Waals surface area (Å²) in [4.78, 5) is 13.1. The van der Waals surface area contributed by atoms with Crippen LogP contribution in [-0.2, 0) is 13.2 Å². The summed E-state index contributed by atoms with van der Waals surface area (Å²) in [7, 11) is 0. The van der Waals surface area contributed by atoms with Crippen LogP contribution in [0, 0.1) is 10.1 Å². The van der Waals surface area contributed by atoms with Crippen LogP contribution in [0.5, 0.6) is 0 Å². The Kier molecular flexibility index (Phi) is 3.90. The number of nitrogens with zero attached hydrogens (tertiary/aromatic N) is 2. The van der Waals surface area contributed by atoms with Crippen LogP contribution < -0.4 is 4.90 Å². The van der Waals surface area contributed by atoms with Crippen molar-refractivity contribution in [3.63, 3.8) is 0 Å². The minimum absolute atomic E-state index is 0.0729. The van der Waals surface area contributed by atoms with E-state index in [-0.39, 0.29) is 17.2 Å². The van der Waals surface area contributed by atoms with Crippen molar-refractivity contribution in [2.75, 3.05) is 4.90 Å². The molecule has 5 nitrogen and oxygen atoms in total. The van der Waals surface area contributed by atoms with E-state index in [1.54, 1.807) is 23.5 Å². The summed E-state index contributed by atoms with van der Waals surface area (Å²) in [6, 6.07) is 7.41. The Morgan fingerprint density at radius 3 is 2.71 bits per heavy atom. The molecule has 0 radical (unpaired) electrons. The Bertz CT molecular complexity index is 638. The van der Waals surface area contributed by atoms with Gasteiger partial charge >= 0.3 is 0 Å². The number of aliphatic hydroxyl groups excluding tert-OH is 1. The number of hydrogen-bond donors (Lipinski definition) is 1. The molecule has 0 unspecified atom stereocenters. The molecule has 2 aromatic rings. The predicted molar refractivity (Wildman–Crippen MR) is 82.5 cm³/mol. The lowest BCUT2D eigenvalue weighted by molar-refractivity contribution is -0.384. The second-order valence-corrected chi connectivity index (χ2v) is 6.01. The third-order valence-corrected chi connectivity index (χ3v) is 4.38. The lowest BCUT2D eigenvalue weighted by Crippen LogP contribution is -2.25. The second-order valence-electron chi connectivity index (χ2n) is 5.23. The molecule has 0 aliphatic heterocycles. The molecule has 1 aromatic heterocycles. The van der Waals surface area contributed by atoms with Crippen molar-refractivity contribution in [2.45, 2.75) is 32.0 Å². The molecular weight excluding hydrogens is 288 g/mol. The third-order valence-electron chi connectivity index (χ3n) is 3.65. The second kappa shape index (κ2) is 5.83. The molecule has 1 aliphatic carbocycles. The van der Waals surface area contributed by atoms with Crippen molar-refractivity contribution in [1.29, 1.82) is 0 Å². The Balaban J connectivity index is 1.96. The van der Waals surface area contributed by atoms with Gasteiger partial charge in [0.1, 0.15) is 5.69 Å². The van der Waals surface area contributed by atoms with Gasteiger partial charge in [-0.2, -0.15) is 11.3 Å². The van der Waals surface area contributed by atoms with Crippen LogP contribution in [0.1, 0.15) is 24.0 Å². The van der Waals surface area contributed by atoms with E-state index >= 15 is 0 Å². The summed E-state index contributed by atoms with van der Waals surface area (Å²) >= 11 is 1.63. The summed E-state index contributed by atoms with van der Waals surface area (Å²) in [5.41, 5.74) is 2.46. The van der Waals surface area contributed by atoms with Gasteiger partial charge in [-0.15, -0.1) is 0 Å². The van der Waals surface area contributed by atoms with Crippen molar-refractivity contribution in [3.05, 3.63) is 56.3 Å². The van der Waals surface area contributed by atoms with Crippen LogP contribution in [0.2, 0.25) is 0 Å². The number of aliphatic hydroxyl groups is 1. The van der Waals surface area contributed by atoms with Crippen molar-refractivity contribution in [1.82, 2.24) is 0 Å². The Labute approximate surface area is 126 Å². The molecule has 1 aromatic carbocycles. The number of nitro groups is 1. The highest BCUT2D eigenvalue weighted by Gasteiger charge is 2.33. The molecule has 110 valence electrons. The number of benzene rings is 1. The average molecular weight is 304 g/mol. The van der Waals surface area contributed by atoms with Gasteiger partial charge in [0.15, 0.2) is 0 Å². The van der Waals surface area contributed by atoms with Gasteiger partial charge in [-0.25, -0.2) is 0 Å². The Morgan fingerprint density at radius 1 is 1.33 bits per heavy atom. The molecule has 21 heavy (non-hydrogen) atoms. The molecule has 1 heterocycles. The molecule has 1 aliphatic rings. The van der Waals surface area contributed by atoms with Crippen molar-refractivity contribution < 1.29 is 10.0 Å². The normalized spacial score (nSPS) is 14.1. The largest absolute Gasteiger partial charge is 0.392 e. The number of hydrogen-bond acceptors (Lipinski definition) is 5. The summed E-state index contributed by atoms with van der Waals surface area (Å²) in [6.07, 6.45) is 2.14. The highest BCUT2D eigenvalue weighted by molar-refractivity contribution is 7.07. The lowest BCUT2D eigenvalue weighted by Gasteiger charge is -2.24. The summed E-state index contributed by atoms with van der Waals surface area (Å²) in [5, 5.41) is 24.6. The van der Waals surface area contributed by atoms with E-state index in [9.17, 15) is 10.1 Å². The molecule has 0 atom stereocenters. The predicted octanol–water partition coefficient (Wildman–Crippen LogP) is 3.32. The molecule has 1 fully saturated rings. The standard InChI is InChI=1S/C15H16N2O3S/c18-9-11-1-4-14(15(7-11)17(19)20)16(13-2-3-13)8-12-5-6-21-10-12/h1,4-7,10,13,18H,2-3,8-9H2. The van der Waals surface area contributed by atoms with E-state index in [2.05, 4.69) is 10.3 Å². The molecule has 1 N–H and O–H groups in total. The van der Waals surface area contributed by atoms with E-state index in [1.807, 2.05) is 11.4 Å². The maximum Gasteiger partial charge on any atom is 0.292 e. The molecule has 0 spiro atoms. The maximum atomic E-state index is 11.3. The zero-order chi connectivity index (χ0) is 14.8. The van der Waals surface area contributed by atoms with Gasteiger partial charge in [0, 0.05) is 18.7 Å². The van der Waals surface area contributed by atoms with E-state index in [0.29, 0.717) is 23.8 Å². The van der Waals surface area contributed by atoms with Crippen molar-refractivity contribution >= 4 is 22.7 Å². The van der Waals surface area contributed by atoms with Crippen LogP contribution in [0.4, 0.5) is 11.4 Å². The number of rotatable bonds is 6. The first-order chi connectivity index (χ1) is 10.2. The Morgan fingerprint density at radius 2 is 2.14 bits per heavy atom. The Hall–Kier alpha value is -1.92. The molecule has 1 saturated carbocycles. The van der Waals surface area contributed by atoms with Crippen LogP contribution in [-0.4, -0.2) is 16.1 Å². The summed E-state index contributed by atoms with van der Waals surface area (Å²) < 4.78 is 0.